The second-order valence-corrected chi connectivity index (χ2v) is 7.21. The van der Waals surface area contributed by atoms with E-state index in [2.05, 4.69) is 41.3 Å². The number of nitrogens with one attached hydrogen (secondary N) is 2. The van der Waals surface area contributed by atoms with Crippen LogP contribution in [-0.4, -0.2) is 25.7 Å². The molecule has 1 aromatic carbocycles. The highest BCUT2D eigenvalue weighted by Gasteiger charge is 2.25. The van der Waals surface area contributed by atoms with Crippen LogP contribution in [0.2, 0.25) is 5.02 Å². The van der Waals surface area contributed by atoms with Gasteiger partial charge in [-0.3, -0.25) is 4.79 Å². The van der Waals surface area contributed by atoms with Gasteiger partial charge in [-0.25, -0.2) is 0 Å². The van der Waals surface area contributed by atoms with Crippen molar-refractivity contribution in [2.75, 3.05) is 0 Å². The summed E-state index contributed by atoms with van der Waals surface area (Å²) in [6.45, 7) is 8.21. The highest BCUT2D eigenvalue weighted by atomic mass is 35.5. The Morgan fingerprint density at radius 3 is 2.46 bits per heavy atom. The standard InChI is InChI=1S/C17H20ClN5O/c1-10(24)19-9-11-5-7-12(8-6-11)15-20-16-13(18)14(17(2,3)4)21-23(16)22-15/h5-8H,9H2,1-4H3,(H,19,24)(H,20,22). The summed E-state index contributed by atoms with van der Waals surface area (Å²) >= 11 is 6.44. The average molecular weight is 346 g/mol. The van der Waals surface area contributed by atoms with Crippen LogP contribution in [0, 0.1) is 0 Å². The molecule has 0 unspecified atom stereocenters. The predicted molar refractivity (Wildman–Crippen MR) is 94.0 cm³/mol. The molecule has 0 aliphatic rings. The first kappa shape index (κ1) is 16.5. The number of halogens is 1. The molecule has 0 fully saturated rings. The first-order chi connectivity index (χ1) is 11.3. The van der Waals surface area contributed by atoms with Crippen molar-refractivity contribution >= 4 is 23.2 Å². The van der Waals surface area contributed by atoms with Gasteiger partial charge < -0.3 is 10.3 Å². The van der Waals surface area contributed by atoms with Crippen LogP contribution in [0.4, 0.5) is 0 Å². The third kappa shape index (κ3) is 3.14. The fourth-order valence-electron chi connectivity index (χ4n) is 2.41. The van der Waals surface area contributed by atoms with Gasteiger partial charge in [0.25, 0.3) is 0 Å². The number of H-pyrrole nitrogens is 1. The van der Waals surface area contributed by atoms with Crippen LogP contribution < -0.4 is 5.32 Å². The lowest BCUT2D eigenvalue weighted by Crippen LogP contribution is -2.18. The van der Waals surface area contributed by atoms with E-state index >= 15 is 0 Å². The Labute approximate surface area is 145 Å². The molecular formula is C17H20ClN5O. The molecule has 3 aromatic rings. The van der Waals surface area contributed by atoms with Crippen LogP contribution >= 0.6 is 11.6 Å². The molecular weight excluding hydrogens is 326 g/mol. The number of hydrogen-bond acceptors (Lipinski definition) is 3. The number of carbonyl (C=O) groups excluding carboxylic acids is 1. The van der Waals surface area contributed by atoms with Gasteiger partial charge in [0.1, 0.15) is 5.02 Å². The van der Waals surface area contributed by atoms with Gasteiger partial charge in [-0.2, -0.15) is 5.10 Å². The largest absolute Gasteiger partial charge is 0.352 e. The highest BCUT2D eigenvalue weighted by Crippen LogP contribution is 2.31. The fourth-order valence-corrected chi connectivity index (χ4v) is 2.86. The first-order valence-electron chi connectivity index (χ1n) is 7.74. The predicted octanol–water partition coefficient (Wildman–Crippen LogP) is 3.31. The van der Waals surface area contributed by atoms with Gasteiger partial charge in [0, 0.05) is 24.4 Å². The minimum Gasteiger partial charge on any atom is -0.352 e. The van der Waals surface area contributed by atoms with Crippen molar-refractivity contribution in [2.45, 2.75) is 39.7 Å². The number of nitrogens with zero attached hydrogens (tertiary/aromatic N) is 3. The van der Waals surface area contributed by atoms with Gasteiger partial charge >= 0.3 is 0 Å². The van der Waals surface area contributed by atoms with Gasteiger partial charge in [-0.1, -0.05) is 56.6 Å². The van der Waals surface area contributed by atoms with E-state index in [1.807, 2.05) is 24.3 Å². The Kier molecular flexibility index (Phi) is 4.09. The molecule has 126 valence electrons. The monoisotopic (exact) mass is 345 g/mol. The summed E-state index contributed by atoms with van der Waals surface area (Å²) in [5.74, 6) is 0.654. The summed E-state index contributed by atoms with van der Waals surface area (Å²) in [6.07, 6.45) is 0. The van der Waals surface area contributed by atoms with E-state index in [9.17, 15) is 4.79 Å². The quantitative estimate of drug-likeness (QED) is 0.764. The fraction of sp³-hybridized carbons (Fsp3) is 0.353. The van der Waals surface area contributed by atoms with Crippen LogP contribution in [0.15, 0.2) is 24.3 Å². The number of carbonyl (C=O) groups is 1. The van der Waals surface area contributed by atoms with Crippen LogP contribution in [0.25, 0.3) is 17.0 Å². The summed E-state index contributed by atoms with van der Waals surface area (Å²) in [6, 6.07) is 7.82. The lowest BCUT2D eigenvalue weighted by Gasteiger charge is -2.14. The van der Waals surface area contributed by atoms with Gasteiger partial charge in [0.15, 0.2) is 11.5 Å². The Balaban J connectivity index is 1.89. The Morgan fingerprint density at radius 1 is 1.25 bits per heavy atom. The lowest BCUT2D eigenvalue weighted by atomic mass is 9.92. The molecule has 2 N–H and O–H groups in total. The summed E-state index contributed by atoms with van der Waals surface area (Å²) in [5, 5.41) is 12.3. The van der Waals surface area contributed by atoms with Crippen LogP contribution in [0.3, 0.4) is 0 Å². The summed E-state index contributed by atoms with van der Waals surface area (Å²) in [5.41, 5.74) is 3.33. The zero-order valence-corrected chi connectivity index (χ0v) is 14.9. The van der Waals surface area contributed by atoms with Crippen molar-refractivity contribution in [2.24, 2.45) is 0 Å². The molecule has 0 spiro atoms. The maximum absolute atomic E-state index is 11.0. The van der Waals surface area contributed by atoms with Crippen molar-refractivity contribution in [1.82, 2.24) is 25.1 Å². The average Bonchev–Trinajstić information content (AvgIpc) is 3.05. The first-order valence-corrected chi connectivity index (χ1v) is 8.12. The number of hydrogen-bond donors (Lipinski definition) is 2. The SMILES string of the molecule is CC(=O)NCc1ccc(-c2nn3nc(C(C)(C)C)c(Cl)c3[nH]2)cc1. The molecule has 0 saturated carbocycles. The molecule has 0 radical (unpaired) electrons. The molecule has 6 nitrogen and oxygen atoms in total. The molecule has 7 heteroatoms. The number of amides is 1. The third-order valence-corrected chi connectivity index (χ3v) is 4.08. The van der Waals surface area contributed by atoms with Gasteiger partial charge in [-0.05, 0) is 5.56 Å². The van der Waals surface area contributed by atoms with E-state index in [0.717, 1.165) is 16.8 Å². The zero-order valence-electron chi connectivity index (χ0n) is 14.1. The molecule has 1 amide bonds. The smallest absolute Gasteiger partial charge is 0.217 e. The Morgan fingerprint density at radius 2 is 1.92 bits per heavy atom. The zero-order chi connectivity index (χ0) is 17.5. The van der Waals surface area contributed by atoms with Crippen molar-refractivity contribution in [1.29, 1.82) is 0 Å². The van der Waals surface area contributed by atoms with E-state index in [-0.39, 0.29) is 11.3 Å². The number of rotatable bonds is 3. The maximum atomic E-state index is 11.0. The second kappa shape index (κ2) is 5.94. The van der Waals surface area contributed by atoms with Gasteiger partial charge in [0.2, 0.25) is 5.91 Å². The number of aromatic amines is 1. The maximum Gasteiger partial charge on any atom is 0.217 e. The molecule has 0 atom stereocenters. The van der Waals surface area contributed by atoms with E-state index in [1.54, 1.807) is 4.63 Å². The van der Waals surface area contributed by atoms with E-state index in [0.29, 0.717) is 23.0 Å². The topological polar surface area (TPSA) is 75.1 Å². The number of aromatic nitrogens is 4. The molecule has 0 aliphatic heterocycles. The summed E-state index contributed by atoms with van der Waals surface area (Å²) in [4.78, 5) is 14.2. The molecule has 2 heterocycles. The molecule has 2 aromatic heterocycles. The van der Waals surface area contributed by atoms with Gasteiger partial charge in [0.05, 0.1) is 5.69 Å². The number of benzene rings is 1. The van der Waals surface area contributed by atoms with Crippen molar-refractivity contribution < 1.29 is 4.79 Å². The van der Waals surface area contributed by atoms with E-state index < -0.39 is 0 Å². The normalized spacial score (nSPS) is 11.9. The van der Waals surface area contributed by atoms with Crippen molar-refractivity contribution in [3.05, 3.63) is 40.5 Å². The van der Waals surface area contributed by atoms with Gasteiger partial charge in [-0.15, -0.1) is 9.73 Å². The summed E-state index contributed by atoms with van der Waals surface area (Å²) < 4.78 is 1.55. The Bertz CT molecular complexity index is 886. The van der Waals surface area contributed by atoms with Crippen molar-refractivity contribution in [3.8, 4) is 11.4 Å². The van der Waals surface area contributed by atoms with Crippen LogP contribution in [-0.2, 0) is 16.8 Å². The van der Waals surface area contributed by atoms with Crippen LogP contribution in [0.5, 0.6) is 0 Å². The minimum absolute atomic E-state index is 0.0457. The second-order valence-electron chi connectivity index (χ2n) is 6.83. The van der Waals surface area contributed by atoms with E-state index in [1.165, 1.54) is 6.92 Å². The van der Waals surface area contributed by atoms with E-state index in [4.69, 9.17) is 11.6 Å². The van der Waals surface area contributed by atoms with Crippen molar-refractivity contribution in [3.63, 3.8) is 0 Å². The van der Waals surface area contributed by atoms with Crippen LogP contribution in [0.1, 0.15) is 39.0 Å². The molecule has 0 aliphatic carbocycles. The Hall–Kier alpha value is -2.34. The molecule has 24 heavy (non-hydrogen) atoms. The molecule has 0 saturated heterocycles. The minimum atomic E-state index is -0.142. The molecule has 3 rings (SSSR count). The highest BCUT2D eigenvalue weighted by molar-refractivity contribution is 6.34. The lowest BCUT2D eigenvalue weighted by molar-refractivity contribution is -0.119. The third-order valence-electron chi connectivity index (χ3n) is 3.72. The number of fused-ring (bicyclic) bond motifs is 1. The summed E-state index contributed by atoms with van der Waals surface area (Å²) in [7, 11) is 0. The molecule has 0 bridgehead atoms.